The fourth-order valence-corrected chi connectivity index (χ4v) is 3.95. The standard InChI is InChI=1S/C25H20O/c1-3-19-21-15-9-11-17-24(21)25(26,22(19)4-2)23-16-10-8-14-20(23)18-12-6-5-7-13-18/h3-17,26H,1-2H2. The van der Waals surface area contributed by atoms with Crippen LogP contribution in [0.3, 0.4) is 0 Å². The highest BCUT2D eigenvalue weighted by Crippen LogP contribution is 2.51. The monoisotopic (exact) mass is 336 g/mol. The summed E-state index contributed by atoms with van der Waals surface area (Å²) in [4.78, 5) is 0. The van der Waals surface area contributed by atoms with E-state index in [4.69, 9.17) is 0 Å². The van der Waals surface area contributed by atoms with E-state index in [1.807, 2.05) is 60.7 Å². The van der Waals surface area contributed by atoms with Crippen molar-refractivity contribution in [2.75, 3.05) is 0 Å². The number of hydrogen-bond donors (Lipinski definition) is 1. The first-order valence-electron chi connectivity index (χ1n) is 8.68. The molecule has 0 fully saturated rings. The third-order valence-electron chi connectivity index (χ3n) is 5.10. The molecule has 1 heteroatoms. The van der Waals surface area contributed by atoms with E-state index in [1.165, 1.54) is 0 Å². The molecular weight excluding hydrogens is 316 g/mol. The summed E-state index contributed by atoms with van der Waals surface area (Å²) in [5.41, 5.74) is 5.26. The second-order valence-corrected chi connectivity index (χ2v) is 6.40. The van der Waals surface area contributed by atoms with E-state index in [0.717, 1.165) is 39.0 Å². The summed E-state index contributed by atoms with van der Waals surface area (Å²) in [7, 11) is 0. The van der Waals surface area contributed by atoms with Gasteiger partial charge in [0.05, 0.1) is 0 Å². The lowest BCUT2D eigenvalue weighted by Crippen LogP contribution is -2.27. The maximum Gasteiger partial charge on any atom is 0.142 e. The molecule has 0 bridgehead atoms. The third kappa shape index (κ3) is 2.22. The normalized spacial score (nSPS) is 18.5. The van der Waals surface area contributed by atoms with Gasteiger partial charge in [0.1, 0.15) is 5.60 Å². The van der Waals surface area contributed by atoms with Crippen LogP contribution in [0.2, 0.25) is 0 Å². The summed E-state index contributed by atoms with van der Waals surface area (Å²) in [5.74, 6) is 0. The van der Waals surface area contributed by atoms with Gasteiger partial charge in [0.25, 0.3) is 0 Å². The van der Waals surface area contributed by atoms with Crippen molar-refractivity contribution in [3.05, 3.63) is 126 Å². The zero-order valence-electron chi connectivity index (χ0n) is 14.5. The highest BCUT2D eigenvalue weighted by Gasteiger charge is 2.44. The van der Waals surface area contributed by atoms with Crippen LogP contribution in [0, 0.1) is 0 Å². The summed E-state index contributed by atoms with van der Waals surface area (Å²) >= 11 is 0. The first-order valence-corrected chi connectivity index (χ1v) is 8.68. The van der Waals surface area contributed by atoms with Gasteiger partial charge in [-0.15, -0.1) is 0 Å². The summed E-state index contributed by atoms with van der Waals surface area (Å²) in [6.45, 7) is 7.94. The summed E-state index contributed by atoms with van der Waals surface area (Å²) in [6.07, 6.45) is 3.55. The Kier molecular flexibility index (Phi) is 3.95. The smallest absolute Gasteiger partial charge is 0.142 e. The summed E-state index contributed by atoms with van der Waals surface area (Å²) in [5, 5.41) is 12.0. The van der Waals surface area contributed by atoms with Gasteiger partial charge in [-0.3, -0.25) is 0 Å². The predicted molar refractivity (Wildman–Crippen MR) is 109 cm³/mol. The highest BCUT2D eigenvalue weighted by molar-refractivity contribution is 5.89. The molecular formula is C25H20O. The Hall–Kier alpha value is -3.16. The Morgan fingerprint density at radius 2 is 1.19 bits per heavy atom. The van der Waals surface area contributed by atoms with E-state index in [9.17, 15) is 5.11 Å². The second kappa shape index (κ2) is 6.29. The van der Waals surface area contributed by atoms with Crippen molar-refractivity contribution in [1.29, 1.82) is 0 Å². The van der Waals surface area contributed by atoms with Crippen molar-refractivity contribution in [2.45, 2.75) is 5.60 Å². The molecule has 0 radical (unpaired) electrons. The molecule has 4 rings (SSSR count). The van der Waals surface area contributed by atoms with E-state index in [-0.39, 0.29) is 0 Å². The van der Waals surface area contributed by atoms with Crippen molar-refractivity contribution in [3.8, 4) is 11.1 Å². The van der Waals surface area contributed by atoms with Gasteiger partial charge in [-0.2, -0.15) is 0 Å². The minimum absolute atomic E-state index is 0.775. The third-order valence-corrected chi connectivity index (χ3v) is 5.10. The Morgan fingerprint density at radius 3 is 1.81 bits per heavy atom. The van der Waals surface area contributed by atoms with E-state index in [0.29, 0.717) is 0 Å². The van der Waals surface area contributed by atoms with E-state index in [1.54, 1.807) is 12.2 Å². The van der Waals surface area contributed by atoms with Crippen LogP contribution >= 0.6 is 0 Å². The van der Waals surface area contributed by atoms with Crippen LogP contribution in [0.4, 0.5) is 0 Å². The van der Waals surface area contributed by atoms with Crippen LogP contribution in [-0.4, -0.2) is 5.11 Å². The van der Waals surface area contributed by atoms with Gasteiger partial charge in [0.2, 0.25) is 0 Å². The highest BCUT2D eigenvalue weighted by atomic mass is 16.3. The van der Waals surface area contributed by atoms with Gasteiger partial charge in [0, 0.05) is 11.1 Å². The van der Waals surface area contributed by atoms with Crippen molar-refractivity contribution < 1.29 is 5.11 Å². The zero-order valence-corrected chi connectivity index (χ0v) is 14.5. The Balaban J connectivity index is 2.06. The Morgan fingerprint density at radius 1 is 0.654 bits per heavy atom. The average Bonchev–Trinajstić information content (AvgIpc) is 2.97. The number of benzene rings is 3. The number of allylic oxidation sites excluding steroid dienone is 2. The Bertz CT molecular complexity index is 1030. The van der Waals surface area contributed by atoms with Crippen molar-refractivity contribution in [1.82, 2.24) is 0 Å². The average molecular weight is 336 g/mol. The van der Waals surface area contributed by atoms with E-state index < -0.39 is 5.60 Å². The van der Waals surface area contributed by atoms with Crippen LogP contribution in [0.25, 0.3) is 16.7 Å². The molecule has 0 spiro atoms. The predicted octanol–water partition coefficient (Wildman–Crippen LogP) is 5.73. The molecule has 0 aliphatic heterocycles. The molecule has 1 nitrogen and oxygen atoms in total. The molecule has 3 aromatic rings. The first kappa shape index (κ1) is 16.3. The van der Waals surface area contributed by atoms with Crippen LogP contribution in [-0.2, 0) is 5.60 Å². The molecule has 126 valence electrons. The Labute approximate surface area is 154 Å². The lowest BCUT2D eigenvalue weighted by Gasteiger charge is -2.30. The second-order valence-electron chi connectivity index (χ2n) is 6.40. The van der Waals surface area contributed by atoms with Crippen LogP contribution in [0.5, 0.6) is 0 Å². The number of fused-ring (bicyclic) bond motifs is 1. The molecule has 0 saturated heterocycles. The SMILES string of the molecule is C=CC1=C(C=C)C(O)(c2ccccc2-c2ccccc2)c2ccccc21. The number of rotatable bonds is 4. The molecule has 1 unspecified atom stereocenters. The fraction of sp³-hybridized carbons (Fsp3) is 0.0400. The summed E-state index contributed by atoms with van der Waals surface area (Å²) < 4.78 is 0. The van der Waals surface area contributed by atoms with E-state index in [2.05, 4.69) is 31.4 Å². The molecule has 0 heterocycles. The van der Waals surface area contributed by atoms with Crippen molar-refractivity contribution in [2.24, 2.45) is 0 Å². The minimum atomic E-state index is -1.26. The molecule has 1 N–H and O–H groups in total. The van der Waals surface area contributed by atoms with Crippen LogP contribution in [0.1, 0.15) is 16.7 Å². The van der Waals surface area contributed by atoms with Crippen molar-refractivity contribution >= 4 is 5.57 Å². The molecule has 1 aliphatic rings. The topological polar surface area (TPSA) is 20.2 Å². The van der Waals surface area contributed by atoms with Gasteiger partial charge in [-0.25, -0.2) is 0 Å². The number of aliphatic hydroxyl groups is 1. The van der Waals surface area contributed by atoms with Gasteiger partial charge in [0.15, 0.2) is 0 Å². The molecule has 1 aliphatic carbocycles. The molecule has 0 saturated carbocycles. The van der Waals surface area contributed by atoms with Crippen LogP contribution in [0.15, 0.2) is 110 Å². The number of hydrogen-bond acceptors (Lipinski definition) is 1. The molecule has 0 amide bonds. The lowest BCUT2D eigenvalue weighted by atomic mass is 9.79. The molecule has 26 heavy (non-hydrogen) atoms. The van der Waals surface area contributed by atoms with Gasteiger partial charge in [-0.1, -0.05) is 104 Å². The maximum atomic E-state index is 12.0. The maximum absolute atomic E-state index is 12.0. The molecule has 0 aromatic heterocycles. The van der Waals surface area contributed by atoms with Crippen LogP contribution < -0.4 is 0 Å². The lowest BCUT2D eigenvalue weighted by molar-refractivity contribution is 0.129. The van der Waals surface area contributed by atoms with Gasteiger partial charge in [-0.05, 0) is 27.8 Å². The summed E-state index contributed by atoms with van der Waals surface area (Å²) in [6, 6.07) is 26.1. The first-order chi connectivity index (χ1) is 12.7. The quantitative estimate of drug-likeness (QED) is 0.645. The van der Waals surface area contributed by atoms with E-state index >= 15 is 0 Å². The van der Waals surface area contributed by atoms with Gasteiger partial charge < -0.3 is 5.11 Å². The zero-order chi connectivity index (χ0) is 18.1. The van der Waals surface area contributed by atoms with Gasteiger partial charge >= 0.3 is 0 Å². The molecule has 3 aromatic carbocycles. The minimum Gasteiger partial charge on any atom is -0.376 e. The molecule has 1 atom stereocenters. The largest absolute Gasteiger partial charge is 0.376 e. The van der Waals surface area contributed by atoms with Crippen molar-refractivity contribution in [3.63, 3.8) is 0 Å². The fourth-order valence-electron chi connectivity index (χ4n) is 3.95.